The molecule has 11 heteroatoms. The lowest BCUT2D eigenvalue weighted by atomic mass is 10.1. The van der Waals surface area contributed by atoms with Gasteiger partial charge < -0.3 is 0 Å². The van der Waals surface area contributed by atoms with Gasteiger partial charge >= 0.3 is 0 Å². The first-order valence-electron chi connectivity index (χ1n) is 10.1. The third kappa shape index (κ3) is 5.06. The zero-order valence-corrected chi connectivity index (χ0v) is 21.4. The van der Waals surface area contributed by atoms with Crippen molar-refractivity contribution in [3.63, 3.8) is 0 Å². The van der Waals surface area contributed by atoms with Crippen molar-refractivity contribution in [1.29, 1.82) is 0 Å². The van der Waals surface area contributed by atoms with E-state index >= 15 is 0 Å². The van der Waals surface area contributed by atoms with Crippen LogP contribution in [0.25, 0.3) is 33.2 Å². The molecule has 0 unspecified atom stereocenters. The Bertz CT molecular complexity index is 1660. The maximum Gasteiger partial charge on any atom is 0.137 e. The van der Waals surface area contributed by atoms with Crippen molar-refractivity contribution in [2.45, 2.75) is 13.8 Å². The second-order valence-electron chi connectivity index (χ2n) is 7.66. The van der Waals surface area contributed by atoms with Crippen LogP contribution in [0, 0.1) is 37.1 Å². The van der Waals surface area contributed by atoms with Crippen molar-refractivity contribution < 1.29 is 17.6 Å². The van der Waals surface area contributed by atoms with Gasteiger partial charge in [-0.25, -0.2) is 27.5 Å². The Kier molecular flexibility index (Phi) is 7.57. The Morgan fingerprint density at radius 3 is 1.75 bits per heavy atom. The Labute approximate surface area is 222 Å². The molecule has 3 nitrogen and oxygen atoms in total. The van der Waals surface area contributed by atoms with Crippen LogP contribution in [-0.2, 0) is 0 Å². The van der Waals surface area contributed by atoms with Crippen LogP contribution in [-0.4, -0.2) is 15.0 Å². The van der Waals surface area contributed by atoms with Crippen molar-refractivity contribution in [2.75, 3.05) is 0 Å². The highest BCUT2D eigenvalue weighted by Crippen LogP contribution is 2.35. The van der Waals surface area contributed by atoms with Gasteiger partial charge in [0.05, 0.1) is 43.2 Å². The fraction of sp³-hybridized carbons (Fsp3) is 0.0800. The number of fused-ring (bicyclic) bond motifs is 2. The molecule has 2 aromatic carbocycles. The standard InChI is InChI=1S/C15H8Cl2F2N2.C10H5Cl2F2N/c1-7-14(17)13-10(19)5-9(18)6-11(13)21-15(7)12-4-8(16)2-3-20-12;1-4-9(11)8-6(14)2-5(13)3-7(8)15-10(4)12/h2-6H,1H3;2-3H,1H3. The molecule has 5 rings (SSSR count). The predicted octanol–water partition coefficient (Wildman–Crippen LogP) is 9.32. The minimum Gasteiger partial charge on any atom is -0.254 e. The number of benzene rings is 2. The highest BCUT2D eigenvalue weighted by atomic mass is 35.5. The first-order chi connectivity index (χ1) is 17.0. The molecule has 0 spiro atoms. The monoisotopic (exact) mass is 571 g/mol. The van der Waals surface area contributed by atoms with Crippen molar-refractivity contribution in [2.24, 2.45) is 0 Å². The summed E-state index contributed by atoms with van der Waals surface area (Å²) in [7, 11) is 0. The number of nitrogens with zero attached hydrogens (tertiary/aromatic N) is 3. The summed E-state index contributed by atoms with van der Waals surface area (Å²) >= 11 is 23.8. The van der Waals surface area contributed by atoms with E-state index in [0.717, 1.165) is 24.3 Å². The minimum atomic E-state index is -0.740. The SMILES string of the molecule is Cc1c(-c2cc(Cl)ccn2)nc2cc(F)cc(F)c2c1Cl.Cc1c(Cl)nc2cc(F)cc(F)c2c1Cl. The summed E-state index contributed by atoms with van der Waals surface area (Å²) in [4.78, 5) is 12.3. The van der Waals surface area contributed by atoms with E-state index < -0.39 is 23.3 Å². The molecule has 3 aromatic heterocycles. The van der Waals surface area contributed by atoms with E-state index in [1.165, 1.54) is 6.20 Å². The molecule has 0 saturated carbocycles. The summed E-state index contributed by atoms with van der Waals surface area (Å²) in [5, 5.41) is 1.19. The quantitative estimate of drug-likeness (QED) is 0.148. The molecule has 0 bridgehead atoms. The summed E-state index contributed by atoms with van der Waals surface area (Å²) in [6.07, 6.45) is 1.53. The summed E-state index contributed by atoms with van der Waals surface area (Å²) in [5.74, 6) is -2.89. The molecule has 5 aromatic rings. The third-order valence-electron chi connectivity index (χ3n) is 5.25. The van der Waals surface area contributed by atoms with Gasteiger partial charge in [0.2, 0.25) is 0 Å². The van der Waals surface area contributed by atoms with Gasteiger partial charge in [-0.2, -0.15) is 0 Å². The molecular weight excluding hydrogens is 560 g/mol. The lowest BCUT2D eigenvalue weighted by Crippen LogP contribution is -1.96. The van der Waals surface area contributed by atoms with E-state index in [2.05, 4.69) is 15.0 Å². The van der Waals surface area contributed by atoms with Gasteiger partial charge in [-0.15, -0.1) is 0 Å². The molecule has 0 fully saturated rings. The summed E-state index contributed by atoms with van der Waals surface area (Å²) in [5.41, 5.74) is 2.24. The van der Waals surface area contributed by atoms with E-state index in [9.17, 15) is 17.6 Å². The average molecular weight is 573 g/mol. The number of aromatic nitrogens is 3. The molecule has 0 radical (unpaired) electrons. The van der Waals surface area contributed by atoms with E-state index in [4.69, 9.17) is 46.4 Å². The largest absolute Gasteiger partial charge is 0.254 e. The minimum absolute atomic E-state index is 0.0972. The molecule has 0 N–H and O–H groups in total. The highest BCUT2D eigenvalue weighted by molar-refractivity contribution is 6.39. The van der Waals surface area contributed by atoms with Gasteiger partial charge in [0.25, 0.3) is 0 Å². The number of halogens is 8. The maximum absolute atomic E-state index is 13.9. The number of hydrogen-bond donors (Lipinski definition) is 0. The van der Waals surface area contributed by atoms with Crippen LogP contribution >= 0.6 is 46.4 Å². The van der Waals surface area contributed by atoms with Crippen molar-refractivity contribution in [3.8, 4) is 11.4 Å². The van der Waals surface area contributed by atoms with E-state index in [-0.39, 0.29) is 37.0 Å². The van der Waals surface area contributed by atoms with Gasteiger partial charge in [-0.05, 0) is 31.5 Å². The number of hydrogen-bond acceptors (Lipinski definition) is 3. The Hall–Kier alpha value is -2.71. The van der Waals surface area contributed by atoms with Gasteiger partial charge in [0.15, 0.2) is 0 Å². The van der Waals surface area contributed by atoms with Crippen LogP contribution in [0.3, 0.4) is 0 Å². The molecule has 0 amide bonds. The number of pyridine rings is 3. The van der Waals surface area contributed by atoms with Crippen LogP contribution in [0.1, 0.15) is 11.1 Å². The Balaban J connectivity index is 0.000000179. The summed E-state index contributed by atoms with van der Waals surface area (Å²) in [6.45, 7) is 3.33. The first-order valence-corrected chi connectivity index (χ1v) is 11.7. The van der Waals surface area contributed by atoms with Crippen LogP contribution in [0.5, 0.6) is 0 Å². The molecule has 184 valence electrons. The van der Waals surface area contributed by atoms with Crippen molar-refractivity contribution in [1.82, 2.24) is 15.0 Å². The smallest absolute Gasteiger partial charge is 0.137 e. The van der Waals surface area contributed by atoms with E-state index in [1.807, 2.05) is 0 Å². The second-order valence-corrected chi connectivity index (χ2v) is 9.21. The molecular formula is C25H13Cl4F4N3. The van der Waals surface area contributed by atoms with Gasteiger partial charge in [-0.1, -0.05) is 46.4 Å². The average Bonchev–Trinajstić information content (AvgIpc) is 2.79. The zero-order valence-electron chi connectivity index (χ0n) is 18.4. The second kappa shape index (κ2) is 10.3. The predicted molar refractivity (Wildman–Crippen MR) is 136 cm³/mol. The summed E-state index contributed by atoms with van der Waals surface area (Å²) in [6, 6.07) is 7.03. The molecule has 3 heterocycles. The van der Waals surface area contributed by atoms with Gasteiger partial charge in [0.1, 0.15) is 28.4 Å². The van der Waals surface area contributed by atoms with Crippen molar-refractivity contribution >= 4 is 68.2 Å². The Morgan fingerprint density at radius 2 is 1.19 bits per heavy atom. The molecule has 0 saturated heterocycles. The number of rotatable bonds is 1. The van der Waals surface area contributed by atoms with Crippen LogP contribution in [0.15, 0.2) is 42.6 Å². The van der Waals surface area contributed by atoms with Crippen LogP contribution < -0.4 is 0 Å². The topological polar surface area (TPSA) is 38.7 Å². The van der Waals surface area contributed by atoms with Crippen LogP contribution in [0.4, 0.5) is 17.6 Å². The Morgan fingerprint density at radius 1 is 0.667 bits per heavy atom. The fourth-order valence-corrected chi connectivity index (χ4v) is 4.42. The molecule has 36 heavy (non-hydrogen) atoms. The van der Waals surface area contributed by atoms with Gasteiger partial charge in [-0.3, -0.25) is 4.98 Å². The third-order valence-corrected chi connectivity index (χ3v) is 6.79. The molecule has 0 aliphatic rings. The highest BCUT2D eigenvalue weighted by Gasteiger charge is 2.17. The van der Waals surface area contributed by atoms with E-state index in [0.29, 0.717) is 27.5 Å². The normalized spacial score (nSPS) is 11.1. The first kappa shape index (κ1) is 26.4. The van der Waals surface area contributed by atoms with Crippen molar-refractivity contribution in [3.05, 3.63) is 97.2 Å². The molecule has 0 aliphatic carbocycles. The molecule has 0 atom stereocenters. The molecule has 0 aliphatic heterocycles. The zero-order chi connectivity index (χ0) is 26.3. The van der Waals surface area contributed by atoms with E-state index in [1.54, 1.807) is 26.0 Å². The van der Waals surface area contributed by atoms with Gasteiger partial charge in [0, 0.05) is 41.0 Å². The fourth-order valence-electron chi connectivity index (χ4n) is 3.48. The van der Waals surface area contributed by atoms with Crippen LogP contribution in [0.2, 0.25) is 20.2 Å². The summed E-state index contributed by atoms with van der Waals surface area (Å²) < 4.78 is 53.6. The lowest BCUT2D eigenvalue weighted by molar-refractivity contribution is 0.590. The lowest BCUT2D eigenvalue weighted by Gasteiger charge is -2.10. The maximum atomic E-state index is 13.9.